The third-order valence-corrected chi connectivity index (χ3v) is 5.99. The molecule has 0 amide bonds. The molecule has 32 heavy (non-hydrogen) atoms. The zero-order valence-corrected chi connectivity index (χ0v) is 17.4. The van der Waals surface area contributed by atoms with Gasteiger partial charge in [-0.3, -0.25) is 0 Å². The Morgan fingerprint density at radius 1 is 0.562 bits per heavy atom. The third kappa shape index (κ3) is 5.08. The van der Waals surface area contributed by atoms with Crippen molar-refractivity contribution < 1.29 is 69.6 Å². The summed E-state index contributed by atoms with van der Waals surface area (Å²) in [5, 5.41) is 89.8. The molecule has 0 aromatic rings. The monoisotopic (exact) mass is 472 g/mol. The number of ether oxygens (including phenoxy) is 5. The van der Waals surface area contributed by atoms with Crippen LogP contribution in [0.1, 0.15) is 13.8 Å². The molecule has 3 heterocycles. The summed E-state index contributed by atoms with van der Waals surface area (Å²) in [6.07, 6.45) is -21.9. The van der Waals surface area contributed by atoms with E-state index in [4.69, 9.17) is 23.7 Å². The number of hydrogen-bond acceptors (Lipinski definition) is 14. The number of hydrogen-bond donors (Lipinski definition) is 9. The van der Waals surface area contributed by atoms with Gasteiger partial charge in [-0.05, 0) is 13.8 Å². The molecule has 0 radical (unpaired) electrons. The van der Waals surface area contributed by atoms with Gasteiger partial charge in [-0.25, -0.2) is 0 Å². The van der Waals surface area contributed by atoms with Gasteiger partial charge < -0.3 is 69.6 Å². The van der Waals surface area contributed by atoms with E-state index in [1.165, 1.54) is 13.8 Å². The van der Waals surface area contributed by atoms with Gasteiger partial charge in [0.05, 0.1) is 18.8 Å². The molecule has 3 saturated heterocycles. The average Bonchev–Trinajstić information content (AvgIpc) is 2.75. The molecule has 14 nitrogen and oxygen atoms in total. The minimum atomic E-state index is -1.75. The van der Waals surface area contributed by atoms with Crippen LogP contribution in [-0.2, 0) is 23.7 Å². The molecule has 14 heteroatoms. The summed E-state index contributed by atoms with van der Waals surface area (Å²) in [6.45, 7) is 2.41. The predicted molar refractivity (Wildman–Crippen MR) is 98.4 cm³/mol. The van der Waals surface area contributed by atoms with Gasteiger partial charge in [0.2, 0.25) is 0 Å². The van der Waals surface area contributed by atoms with Crippen LogP contribution in [0.5, 0.6) is 0 Å². The highest BCUT2D eigenvalue weighted by molar-refractivity contribution is 4.93. The van der Waals surface area contributed by atoms with Crippen LogP contribution in [0.15, 0.2) is 0 Å². The average molecular weight is 472 g/mol. The summed E-state index contributed by atoms with van der Waals surface area (Å²) in [6, 6.07) is 0. The Kier molecular flexibility index (Phi) is 8.44. The number of rotatable bonds is 5. The van der Waals surface area contributed by atoms with Gasteiger partial charge in [-0.15, -0.1) is 0 Å². The van der Waals surface area contributed by atoms with Crippen molar-refractivity contribution in [2.75, 3.05) is 6.61 Å². The van der Waals surface area contributed by atoms with Crippen molar-refractivity contribution in [2.45, 2.75) is 106 Å². The lowest BCUT2D eigenvalue weighted by Crippen LogP contribution is -2.64. The molecule has 3 aliphatic heterocycles. The maximum absolute atomic E-state index is 10.2. The summed E-state index contributed by atoms with van der Waals surface area (Å²) in [5.41, 5.74) is 0. The summed E-state index contributed by atoms with van der Waals surface area (Å²) in [5.74, 6) is 0. The summed E-state index contributed by atoms with van der Waals surface area (Å²) in [4.78, 5) is 0. The van der Waals surface area contributed by atoms with E-state index < -0.39 is 98.7 Å². The van der Waals surface area contributed by atoms with Crippen LogP contribution in [0.2, 0.25) is 0 Å². The summed E-state index contributed by atoms with van der Waals surface area (Å²) >= 11 is 0. The topological polar surface area (TPSA) is 228 Å². The molecule has 3 rings (SSSR count). The normalized spacial score (nSPS) is 55.0. The molecule has 0 spiro atoms. The smallest absolute Gasteiger partial charge is 0.187 e. The molecule has 15 atom stereocenters. The minimum Gasteiger partial charge on any atom is -0.388 e. The molecule has 3 fully saturated rings. The first-order valence-electron chi connectivity index (χ1n) is 10.3. The fourth-order valence-electron chi connectivity index (χ4n) is 3.87. The molecule has 0 aromatic carbocycles. The maximum Gasteiger partial charge on any atom is 0.187 e. The Labute approximate surface area is 183 Å². The van der Waals surface area contributed by atoms with Crippen LogP contribution in [0.4, 0.5) is 0 Å². The second kappa shape index (κ2) is 10.4. The third-order valence-electron chi connectivity index (χ3n) is 5.99. The van der Waals surface area contributed by atoms with Crippen molar-refractivity contribution in [3.8, 4) is 0 Å². The van der Waals surface area contributed by atoms with Gasteiger partial charge in [-0.2, -0.15) is 0 Å². The number of aliphatic hydroxyl groups is 9. The second-order valence-corrected chi connectivity index (χ2v) is 8.34. The van der Waals surface area contributed by atoms with Gasteiger partial charge in [0, 0.05) is 0 Å². The second-order valence-electron chi connectivity index (χ2n) is 8.34. The van der Waals surface area contributed by atoms with Gasteiger partial charge in [-0.1, -0.05) is 0 Å². The lowest BCUT2D eigenvalue weighted by atomic mass is 9.97. The first kappa shape index (κ1) is 26.1. The molecule has 3 aliphatic rings. The van der Waals surface area contributed by atoms with Crippen LogP contribution < -0.4 is 0 Å². The maximum atomic E-state index is 10.2. The quantitative estimate of drug-likeness (QED) is 0.182. The van der Waals surface area contributed by atoms with Crippen LogP contribution >= 0.6 is 0 Å². The van der Waals surface area contributed by atoms with Gasteiger partial charge in [0.1, 0.15) is 61.0 Å². The van der Waals surface area contributed by atoms with E-state index in [9.17, 15) is 46.0 Å². The standard InChI is InChI=1S/C18H32O14/c1-4-7(19)9(21)13(25)17(30-4)28-3-6-8(20)10(22)14(26)18(31-6)32-15-5(2)29-16(27)12(24)11(15)23/h4-27H,3H2,1-2H3/t4-,5-,6-,7-,8-,9+,10+,11-,12-,13-,14-,15+,16?,17-,18+/m1/s1. The fourth-order valence-corrected chi connectivity index (χ4v) is 3.87. The van der Waals surface area contributed by atoms with E-state index in [0.717, 1.165) is 0 Å². The molecule has 0 bridgehead atoms. The highest BCUT2D eigenvalue weighted by Gasteiger charge is 2.50. The van der Waals surface area contributed by atoms with Gasteiger partial charge >= 0.3 is 0 Å². The summed E-state index contributed by atoms with van der Waals surface area (Å²) in [7, 11) is 0. The van der Waals surface area contributed by atoms with Gasteiger partial charge in [0.15, 0.2) is 18.9 Å². The van der Waals surface area contributed by atoms with Crippen LogP contribution in [-0.4, -0.2) is 145 Å². The number of aliphatic hydroxyl groups excluding tert-OH is 9. The van der Waals surface area contributed by atoms with Crippen molar-refractivity contribution in [2.24, 2.45) is 0 Å². The fraction of sp³-hybridized carbons (Fsp3) is 1.00. The zero-order chi connectivity index (χ0) is 23.9. The van der Waals surface area contributed by atoms with Crippen molar-refractivity contribution >= 4 is 0 Å². The predicted octanol–water partition coefficient (Wildman–Crippen LogP) is -5.52. The van der Waals surface area contributed by atoms with Crippen molar-refractivity contribution in [3.63, 3.8) is 0 Å². The SMILES string of the molecule is C[C@H]1O[C@@H](OC[C@H]2O[C@@H](O[C@@H]3[C@H](O)[C@@H](O)C(O)O[C@@H]3C)[C@H](O)[C@@H](O)[C@@H]2O)[C@H](O)[C@@H](O)[C@@H]1O. The Bertz CT molecular complexity index is 610. The molecule has 0 saturated carbocycles. The van der Waals surface area contributed by atoms with E-state index in [0.29, 0.717) is 0 Å². The van der Waals surface area contributed by atoms with Crippen molar-refractivity contribution in [1.82, 2.24) is 0 Å². The lowest BCUT2D eigenvalue weighted by Gasteiger charge is -2.45. The highest BCUT2D eigenvalue weighted by Crippen LogP contribution is 2.29. The largest absolute Gasteiger partial charge is 0.388 e. The molecule has 188 valence electrons. The van der Waals surface area contributed by atoms with E-state index in [2.05, 4.69) is 0 Å². The highest BCUT2D eigenvalue weighted by atomic mass is 16.7. The van der Waals surface area contributed by atoms with E-state index in [-0.39, 0.29) is 0 Å². The van der Waals surface area contributed by atoms with Crippen LogP contribution in [0.3, 0.4) is 0 Å². The van der Waals surface area contributed by atoms with E-state index in [1.54, 1.807) is 0 Å². The Morgan fingerprint density at radius 3 is 1.81 bits per heavy atom. The Hall–Kier alpha value is -0.560. The zero-order valence-electron chi connectivity index (χ0n) is 17.4. The molecule has 1 unspecified atom stereocenters. The molecular formula is C18H32O14. The minimum absolute atomic E-state index is 0.483. The summed E-state index contributed by atoms with van der Waals surface area (Å²) < 4.78 is 26.7. The first-order valence-corrected chi connectivity index (χ1v) is 10.3. The van der Waals surface area contributed by atoms with Crippen molar-refractivity contribution in [1.29, 1.82) is 0 Å². The van der Waals surface area contributed by atoms with Crippen LogP contribution in [0, 0.1) is 0 Å². The Balaban J connectivity index is 1.64. The lowest BCUT2D eigenvalue weighted by molar-refractivity contribution is -0.358. The van der Waals surface area contributed by atoms with Crippen molar-refractivity contribution in [3.05, 3.63) is 0 Å². The molecular weight excluding hydrogens is 440 g/mol. The van der Waals surface area contributed by atoms with E-state index in [1.807, 2.05) is 0 Å². The first-order chi connectivity index (χ1) is 14.9. The molecule has 0 aromatic heterocycles. The van der Waals surface area contributed by atoms with Crippen LogP contribution in [0.25, 0.3) is 0 Å². The molecule has 9 N–H and O–H groups in total. The van der Waals surface area contributed by atoms with E-state index >= 15 is 0 Å². The van der Waals surface area contributed by atoms with Gasteiger partial charge in [0.25, 0.3) is 0 Å². The Morgan fingerprint density at radius 2 is 1.16 bits per heavy atom. The molecule has 0 aliphatic carbocycles.